The average molecular weight is 165 g/mol. The Labute approximate surface area is 67.7 Å². The molecule has 0 saturated heterocycles. The second kappa shape index (κ2) is 2.39. The summed E-state index contributed by atoms with van der Waals surface area (Å²) in [6.07, 6.45) is 1.55. The van der Waals surface area contributed by atoms with Crippen molar-refractivity contribution < 1.29 is 4.79 Å². The summed E-state index contributed by atoms with van der Waals surface area (Å²) in [7, 11) is 0. The van der Waals surface area contributed by atoms with Gasteiger partial charge in [0.2, 0.25) is 0 Å². The molecule has 0 atom stereocenters. The summed E-state index contributed by atoms with van der Waals surface area (Å²) in [5.41, 5.74) is 1.81. The van der Waals surface area contributed by atoms with Crippen LogP contribution in [0.4, 0.5) is 4.79 Å². The summed E-state index contributed by atoms with van der Waals surface area (Å²) in [4.78, 5) is 10.6. The van der Waals surface area contributed by atoms with Crippen molar-refractivity contribution in [1.29, 1.82) is 0 Å². The average Bonchev–Trinajstić information content (AvgIpc) is 2.55. The van der Waals surface area contributed by atoms with Gasteiger partial charge >= 0.3 is 6.03 Å². The van der Waals surface area contributed by atoms with Crippen LogP contribution < -0.4 is 10.6 Å². The van der Waals surface area contributed by atoms with Gasteiger partial charge in [-0.3, -0.25) is 0 Å². The number of urea groups is 1. The van der Waals surface area contributed by atoms with Crippen molar-refractivity contribution in [2.24, 2.45) is 0 Å². The second-order valence-electron chi connectivity index (χ2n) is 2.11. The van der Waals surface area contributed by atoms with Gasteiger partial charge in [0.1, 0.15) is 0 Å². The molecule has 0 spiro atoms. The van der Waals surface area contributed by atoms with Gasteiger partial charge in [-0.15, -0.1) is 0 Å². The molecule has 2 amide bonds. The van der Waals surface area contributed by atoms with Gasteiger partial charge in [0, 0.05) is 10.9 Å². The molecular formula is C7H5N2OS. The maximum Gasteiger partial charge on any atom is 0.345 e. The Morgan fingerprint density at radius 3 is 3.00 bits per heavy atom. The highest BCUT2D eigenvalue weighted by atomic mass is 32.1. The quantitative estimate of drug-likeness (QED) is 0.671. The lowest BCUT2D eigenvalue weighted by Gasteiger charge is -1.94. The van der Waals surface area contributed by atoms with E-state index >= 15 is 0 Å². The van der Waals surface area contributed by atoms with Crippen LogP contribution in [0, 0.1) is 0 Å². The monoisotopic (exact) mass is 165 g/mol. The highest BCUT2D eigenvalue weighted by Gasteiger charge is 2.13. The molecule has 1 aromatic rings. The molecule has 55 valence electrons. The van der Waals surface area contributed by atoms with E-state index in [2.05, 4.69) is 10.6 Å². The highest BCUT2D eigenvalue weighted by Crippen LogP contribution is 2.16. The molecule has 0 aromatic carbocycles. The Morgan fingerprint density at radius 2 is 2.45 bits per heavy atom. The summed E-state index contributed by atoms with van der Waals surface area (Å²) < 4.78 is 0. The number of nitrogens with one attached hydrogen (secondary N) is 1. The third-order valence-corrected chi connectivity index (χ3v) is 2.07. The minimum atomic E-state index is -0.286. The van der Waals surface area contributed by atoms with Crippen LogP contribution in [-0.2, 0) is 0 Å². The van der Waals surface area contributed by atoms with Crippen molar-refractivity contribution >= 4 is 23.1 Å². The molecule has 1 N–H and O–H groups in total. The molecule has 3 nitrogen and oxygen atoms in total. The Morgan fingerprint density at radius 1 is 1.55 bits per heavy atom. The molecule has 2 heterocycles. The Balaban J connectivity index is 2.26. The van der Waals surface area contributed by atoms with E-state index < -0.39 is 0 Å². The second-order valence-corrected chi connectivity index (χ2v) is 2.89. The zero-order chi connectivity index (χ0) is 7.68. The van der Waals surface area contributed by atoms with E-state index in [9.17, 15) is 4.79 Å². The minimum absolute atomic E-state index is 0.286. The zero-order valence-electron chi connectivity index (χ0n) is 5.57. The Hall–Kier alpha value is -1.29. The lowest BCUT2D eigenvalue weighted by molar-refractivity contribution is 0.249. The van der Waals surface area contributed by atoms with Crippen LogP contribution >= 0.6 is 11.3 Å². The first-order valence-electron chi connectivity index (χ1n) is 3.11. The fourth-order valence-corrected chi connectivity index (χ4v) is 1.52. The van der Waals surface area contributed by atoms with Crippen LogP contribution in [0.5, 0.6) is 0 Å². The van der Waals surface area contributed by atoms with Crippen molar-refractivity contribution in [2.45, 2.75) is 0 Å². The van der Waals surface area contributed by atoms with Crippen LogP contribution in [0.2, 0.25) is 0 Å². The first kappa shape index (κ1) is 6.42. The van der Waals surface area contributed by atoms with E-state index in [0.717, 1.165) is 11.3 Å². The van der Waals surface area contributed by atoms with Crippen LogP contribution in [0.3, 0.4) is 0 Å². The standard InChI is InChI=1S/C7H5N2OS/c10-7-8-3-6(9-7)5-1-2-11-4-5/h1-4H,(H,9,10). The van der Waals surface area contributed by atoms with Gasteiger partial charge in [-0.25, -0.2) is 4.79 Å². The van der Waals surface area contributed by atoms with E-state index in [-0.39, 0.29) is 6.03 Å². The third-order valence-electron chi connectivity index (χ3n) is 1.38. The number of carbonyl (C=O) groups is 1. The van der Waals surface area contributed by atoms with E-state index in [0.29, 0.717) is 0 Å². The summed E-state index contributed by atoms with van der Waals surface area (Å²) in [5, 5.41) is 10.1. The van der Waals surface area contributed by atoms with Crippen molar-refractivity contribution in [1.82, 2.24) is 10.6 Å². The number of hydrogen-bond acceptors (Lipinski definition) is 2. The molecule has 0 saturated carbocycles. The minimum Gasteiger partial charge on any atom is -0.304 e. The molecule has 1 radical (unpaired) electrons. The number of thiophene rings is 1. The van der Waals surface area contributed by atoms with Gasteiger partial charge < -0.3 is 5.32 Å². The first-order valence-corrected chi connectivity index (χ1v) is 4.05. The SMILES string of the molecule is O=C1[N]C=C(c2ccsc2)N1. The van der Waals surface area contributed by atoms with Gasteiger partial charge in [-0.05, 0) is 11.4 Å². The van der Waals surface area contributed by atoms with Crippen LogP contribution in [0.1, 0.15) is 5.56 Å². The molecule has 0 bridgehead atoms. The van der Waals surface area contributed by atoms with Crippen LogP contribution in [-0.4, -0.2) is 6.03 Å². The van der Waals surface area contributed by atoms with Crippen LogP contribution in [0.25, 0.3) is 5.70 Å². The maximum absolute atomic E-state index is 10.6. The number of rotatable bonds is 1. The number of amides is 2. The molecule has 0 unspecified atom stereocenters. The predicted octanol–water partition coefficient (Wildman–Crippen LogP) is 1.37. The van der Waals surface area contributed by atoms with Gasteiger partial charge in [0.15, 0.2) is 0 Å². The fourth-order valence-electron chi connectivity index (χ4n) is 0.867. The molecule has 4 heteroatoms. The molecule has 1 aliphatic heterocycles. The summed E-state index contributed by atoms with van der Waals surface area (Å²) in [6, 6.07) is 1.66. The van der Waals surface area contributed by atoms with E-state index in [1.807, 2.05) is 16.8 Å². The molecule has 11 heavy (non-hydrogen) atoms. The largest absolute Gasteiger partial charge is 0.345 e. The maximum atomic E-state index is 10.6. The highest BCUT2D eigenvalue weighted by molar-refractivity contribution is 7.08. The summed E-state index contributed by atoms with van der Waals surface area (Å²) in [5.74, 6) is 0. The molecular weight excluding hydrogens is 160 g/mol. The van der Waals surface area contributed by atoms with Gasteiger partial charge in [0.05, 0.1) is 11.9 Å². The lowest BCUT2D eigenvalue weighted by Crippen LogP contribution is -2.17. The van der Waals surface area contributed by atoms with Crippen molar-refractivity contribution in [3.63, 3.8) is 0 Å². The van der Waals surface area contributed by atoms with E-state index in [1.54, 1.807) is 17.5 Å². The molecule has 1 aromatic heterocycles. The Bertz CT molecular complexity index is 302. The number of carbonyl (C=O) groups excluding carboxylic acids is 1. The predicted molar refractivity (Wildman–Crippen MR) is 43.0 cm³/mol. The van der Waals surface area contributed by atoms with Crippen molar-refractivity contribution in [3.05, 3.63) is 28.6 Å². The molecule has 2 rings (SSSR count). The fraction of sp³-hybridized carbons (Fsp3) is 0. The molecule has 0 aliphatic carbocycles. The number of nitrogens with zero attached hydrogens (tertiary/aromatic N) is 1. The number of hydrogen-bond donors (Lipinski definition) is 1. The van der Waals surface area contributed by atoms with Crippen molar-refractivity contribution in [2.75, 3.05) is 0 Å². The van der Waals surface area contributed by atoms with Crippen LogP contribution in [0.15, 0.2) is 23.0 Å². The lowest BCUT2D eigenvalue weighted by atomic mass is 10.3. The zero-order valence-corrected chi connectivity index (χ0v) is 6.39. The molecule has 0 fully saturated rings. The van der Waals surface area contributed by atoms with E-state index in [1.165, 1.54) is 0 Å². The van der Waals surface area contributed by atoms with E-state index in [4.69, 9.17) is 0 Å². The summed E-state index contributed by atoms with van der Waals surface area (Å²) in [6.45, 7) is 0. The van der Waals surface area contributed by atoms with Gasteiger partial charge in [-0.1, -0.05) is 0 Å². The third kappa shape index (κ3) is 1.12. The van der Waals surface area contributed by atoms with Gasteiger partial charge in [-0.2, -0.15) is 16.7 Å². The Kier molecular flexibility index (Phi) is 1.40. The molecule has 1 aliphatic rings. The normalized spacial score (nSPS) is 15.6. The first-order chi connectivity index (χ1) is 5.36. The smallest absolute Gasteiger partial charge is 0.304 e. The topological polar surface area (TPSA) is 43.2 Å². The summed E-state index contributed by atoms with van der Waals surface area (Å²) >= 11 is 1.59. The van der Waals surface area contributed by atoms with Crippen molar-refractivity contribution in [3.8, 4) is 0 Å². The van der Waals surface area contributed by atoms with Gasteiger partial charge in [0.25, 0.3) is 0 Å².